The van der Waals surface area contributed by atoms with Gasteiger partial charge in [-0.05, 0) is 12.1 Å². The lowest BCUT2D eigenvalue weighted by Crippen LogP contribution is -2.10. The fourth-order valence-corrected chi connectivity index (χ4v) is 1.47. The molecule has 1 N–H and O–H groups in total. The van der Waals surface area contributed by atoms with Gasteiger partial charge in [-0.25, -0.2) is 4.98 Å². The maximum atomic E-state index is 9.00. The van der Waals surface area contributed by atoms with Gasteiger partial charge in [0.15, 0.2) is 0 Å². The van der Waals surface area contributed by atoms with E-state index < -0.39 is 0 Å². The van der Waals surface area contributed by atoms with E-state index in [1.165, 1.54) is 0 Å². The summed E-state index contributed by atoms with van der Waals surface area (Å²) >= 11 is 0. The molecule has 0 amide bonds. The predicted octanol–water partition coefficient (Wildman–Crippen LogP) is 1.45. The molecule has 2 rings (SSSR count). The van der Waals surface area contributed by atoms with Crippen molar-refractivity contribution >= 4 is 0 Å². The van der Waals surface area contributed by atoms with E-state index in [1.54, 1.807) is 6.20 Å². The van der Waals surface area contributed by atoms with Crippen LogP contribution in [0.4, 0.5) is 0 Å². The van der Waals surface area contributed by atoms with E-state index in [0.717, 1.165) is 5.75 Å². The number of hydrogen-bond donors (Lipinski definition) is 1. The van der Waals surface area contributed by atoms with Crippen molar-refractivity contribution in [2.75, 3.05) is 6.61 Å². The number of benzene rings is 1. The molecule has 0 unspecified atom stereocenters. The number of aliphatic hydroxyl groups is 1. The van der Waals surface area contributed by atoms with Crippen molar-refractivity contribution in [2.24, 2.45) is 0 Å². The number of para-hydroxylation sites is 1. The number of nitrogens with zero attached hydrogens (tertiary/aromatic N) is 2. The van der Waals surface area contributed by atoms with Gasteiger partial charge in [0.05, 0.1) is 6.54 Å². The molecular weight excluding hydrogens is 204 g/mol. The Bertz CT molecular complexity index is 426. The van der Waals surface area contributed by atoms with Gasteiger partial charge in [-0.2, -0.15) is 0 Å². The monoisotopic (exact) mass is 218 g/mol. The molecule has 0 radical (unpaired) electrons. The minimum absolute atomic E-state index is 0.0433. The smallest absolute Gasteiger partial charge is 0.134 e. The van der Waals surface area contributed by atoms with Crippen LogP contribution in [0, 0.1) is 0 Å². The lowest BCUT2D eigenvalue weighted by Gasteiger charge is -2.08. The van der Waals surface area contributed by atoms with Crippen LogP contribution in [0.5, 0.6) is 5.75 Å². The van der Waals surface area contributed by atoms with Gasteiger partial charge in [0.1, 0.15) is 24.8 Å². The second kappa shape index (κ2) is 5.32. The largest absolute Gasteiger partial charge is 0.492 e. The standard InChI is InChI=1S/C12H14N2O2/c15-10-12-13-6-7-14(12)8-9-16-11-4-2-1-3-5-11/h1-7,15H,8-10H2. The van der Waals surface area contributed by atoms with Crippen molar-refractivity contribution in [3.05, 3.63) is 48.5 Å². The maximum absolute atomic E-state index is 9.00. The van der Waals surface area contributed by atoms with E-state index in [4.69, 9.17) is 9.84 Å². The quantitative estimate of drug-likeness (QED) is 0.826. The second-order valence-corrected chi connectivity index (χ2v) is 3.36. The SMILES string of the molecule is OCc1nccn1CCOc1ccccc1. The van der Waals surface area contributed by atoms with Gasteiger partial charge in [-0.15, -0.1) is 0 Å². The van der Waals surface area contributed by atoms with Gasteiger partial charge < -0.3 is 14.4 Å². The Morgan fingerprint density at radius 2 is 2.06 bits per heavy atom. The highest BCUT2D eigenvalue weighted by Crippen LogP contribution is 2.08. The van der Waals surface area contributed by atoms with Crippen LogP contribution in [-0.2, 0) is 13.2 Å². The normalized spacial score (nSPS) is 10.3. The molecule has 0 aliphatic heterocycles. The van der Waals surface area contributed by atoms with Gasteiger partial charge in [0.2, 0.25) is 0 Å². The topological polar surface area (TPSA) is 47.3 Å². The molecular formula is C12H14N2O2. The Morgan fingerprint density at radius 1 is 1.25 bits per heavy atom. The average Bonchev–Trinajstić information content (AvgIpc) is 2.78. The van der Waals surface area contributed by atoms with Gasteiger partial charge in [0.25, 0.3) is 0 Å². The second-order valence-electron chi connectivity index (χ2n) is 3.36. The van der Waals surface area contributed by atoms with Crippen LogP contribution in [0.25, 0.3) is 0 Å². The first-order valence-electron chi connectivity index (χ1n) is 5.19. The lowest BCUT2D eigenvalue weighted by molar-refractivity contribution is 0.254. The molecule has 0 saturated carbocycles. The number of hydrogen-bond acceptors (Lipinski definition) is 3. The van der Waals surface area contributed by atoms with E-state index in [-0.39, 0.29) is 6.61 Å². The summed E-state index contributed by atoms with van der Waals surface area (Å²) in [7, 11) is 0. The molecule has 0 aliphatic carbocycles. The van der Waals surface area contributed by atoms with Crippen LogP contribution in [0.15, 0.2) is 42.7 Å². The van der Waals surface area contributed by atoms with E-state index in [1.807, 2.05) is 41.1 Å². The molecule has 0 aliphatic rings. The summed E-state index contributed by atoms with van der Waals surface area (Å²) in [4.78, 5) is 4.02. The Labute approximate surface area is 94.1 Å². The maximum Gasteiger partial charge on any atom is 0.134 e. The summed E-state index contributed by atoms with van der Waals surface area (Å²) in [5, 5.41) is 9.00. The predicted molar refractivity (Wildman–Crippen MR) is 60.1 cm³/mol. The van der Waals surface area contributed by atoms with Crippen LogP contribution in [0.2, 0.25) is 0 Å². The van der Waals surface area contributed by atoms with Crippen LogP contribution in [-0.4, -0.2) is 21.3 Å². The fraction of sp³-hybridized carbons (Fsp3) is 0.250. The van der Waals surface area contributed by atoms with Gasteiger partial charge in [-0.1, -0.05) is 18.2 Å². The summed E-state index contributed by atoms with van der Waals surface area (Å²) in [5.74, 6) is 1.52. The fourth-order valence-electron chi connectivity index (χ4n) is 1.47. The van der Waals surface area contributed by atoms with Crippen molar-refractivity contribution < 1.29 is 9.84 Å². The highest BCUT2D eigenvalue weighted by Gasteiger charge is 2.00. The van der Waals surface area contributed by atoms with Crippen LogP contribution in [0.3, 0.4) is 0 Å². The Hall–Kier alpha value is -1.81. The molecule has 2 aromatic rings. The number of imidazole rings is 1. The highest BCUT2D eigenvalue weighted by molar-refractivity contribution is 5.20. The number of aliphatic hydroxyl groups excluding tert-OH is 1. The van der Waals surface area contributed by atoms with Crippen molar-refractivity contribution in [3.8, 4) is 5.75 Å². The molecule has 16 heavy (non-hydrogen) atoms. The molecule has 84 valence electrons. The number of rotatable bonds is 5. The van der Waals surface area contributed by atoms with E-state index in [9.17, 15) is 0 Å². The minimum atomic E-state index is -0.0433. The van der Waals surface area contributed by atoms with E-state index >= 15 is 0 Å². The van der Waals surface area contributed by atoms with Crippen molar-refractivity contribution in [1.29, 1.82) is 0 Å². The van der Waals surface area contributed by atoms with Crippen LogP contribution in [0.1, 0.15) is 5.82 Å². The number of aromatic nitrogens is 2. The van der Waals surface area contributed by atoms with Gasteiger partial charge in [-0.3, -0.25) is 0 Å². The molecule has 1 heterocycles. The first-order valence-corrected chi connectivity index (χ1v) is 5.19. The Balaban J connectivity index is 1.85. The molecule has 0 bridgehead atoms. The molecule has 0 atom stereocenters. The van der Waals surface area contributed by atoms with Crippen LogP contribution >= 0.6 is 0 Å². The molecule has 0 spiro atoms. The third-order valence-electron chi connectivity index (χ3n) is 2.29. The third kappa shape index (κ3) is 2.61. The summed E-state index contributed by atoms with van der Waals surface area (Å²) in [6.07, 6.45) is 3.51. The van der Waals surface area contributed by atoms with Gasteiger partial charge in [0, 0.05) is 12.4 Å². The van der Waals surface area contributed by atoms with Crippen molar-refractivity contribution in [3.63, 3.8) is 0 Å². The zero-order valence-electron chi connectivity index (χ0n) is 8.91. The zero-order valence-corrected chi connectivity index (χ0v) is 8.91. The average molecular weight is 218 g/mol. The van der Waals surface area contributed by atoms with Crippen molar-refractivity contribution in [1.82, 2.24) is 9.55 Å². The third-order valence-corrected chi connectivity index (χ3v) is 2.29. The number of ether oxygens (including phenoxy) is 1. The Kier molecular flexibility index (Phi) is 3.56. The summed E-state index contributed by atoms with van der Waals surface area (Å²) in [5.41, 5.74) is 0. The van der Waals surface area contributed by atoms with Crippen LogP contribution < -0.4 is 4.74 Å². The Morgan fingerprint density at radius 3 is 2.81 bits per heavy atom. The molecule has 0 fully saturated rings. The molecule has 1 aromatic carbocycles. The van der Waals surface area contributed by atoms with E-state index in [0.29, 0.717) is 19.0 Å². The molecule has 1 aromatic heterocycles. The van der Waals surface area contributed by atoms with E-state index in [2.05, 4.69) is 4.98 Å². The summed E-state index contributed by atoms with van der Waals surface area (Å²) in [6, 6.07) is 9.66. The minimum Gasteiger partial charge on any atom is -0.492 e. The van der Waals surface area contributed by atoms with Gasteiger partial charge >= 0.3 is 0 Å². The summed E-state index contributed by atoms with van der Waals surface area (Å²) < 4.78 is 7.43. The molecule has 0 saturated heterocycles. The zero-order chi connectivity index (χ0) is 11.2. The lowest BCUT2D eigenvalue weighted by atomic mass is 10.3. The molecule has 4 nitrogen and oxygen atoms in total. The summed E-state index contributed by atoms with van der Waals surface area (Å²) in [6.45, 7) is 1.20. The highest BCUT2D eigenvalue weighted by atomic mass is 16.5. The first-order chi connectivity index (χ1) is 7.90. The van der Waals surface area contributed by atoms with Crippen molar-refractivity contribution in [2.45, 2.75) is 13.2 Å². The first kappa shape index (κ1) is 10.7. The molecule has 4 heteroatoms.